The first kappa shape index (κ1) is 14.5. The number of halogens is 1. The predicted molar refractivity (Wildman–Crippen MR) is 82.7 cm³/mol. The lowest BCUT2D eigenvalue weighted by Gasteiger charge is -2.13. The summed E-state index contributed by atoms with van der Waals surface area (Å²) < 4.78 is 11.0. The molecule has 0 radical (unpaired) electrons. The first-order valence-electron chi connectivity index (χ1n) is 6.33. The Hall–Kier alpha value is -1.87. The second-order valence-electron chi connectivity index (χ2n) is 4.73. The molecule has 2 aromatic rings. The molecule has 0 spiro atoms. The van der Waals surface area contributed by atoms with E-state index in [2.05, 4.69) is 0 Å². The van der Waals surface area contributed by atoms with Gasteiger partial charge in [0.05, 0.1) is 12.8 Å². The average molecular weight is 292 g/mol. The van der Waals surface area contributed by atoms with E-state index >= 15 is 0 Å². The second-order valence-corrected chi connectivity index (χ2v) is 5.17. The molecule has 4 heteroatoms. The van der Waals surface area contributed by atoms with Gasteiger partial charge in [-0.3, -0.25) is 0 Å². The van der Waals surface area contributed by atoms with Crippen molar-refractivity contribution in [1.29, 1.82) is 0 Å². The monoisotopic (exact) mass is 291 g/mol. The Balaban J connectivity index is 2.15. The fourth-order valence-corrected chi connectivity index (χ4v) is 2.48. The fraction of sp³-hybridized carbons (Fsp3) is 0.250. The van der Waals surface area contributed by atoms with E-state index in [-0.39, 0.29) is 0 Å². The molecule has 0 saturated carbocycles. The quantitative estimate of drug-likeness (QED) is 0.862. The Kier molecular flexibility index (Phi) is 4.40. The van der Waals surface area contributed by atoms with Crippen LogP contribution >= 0.6 is 11.6 Å². The third-order valence-electron chi connectivity index (χ3n) is 3.10. The molecule has 2 rings (SSSR count). The molecule has 0 saturated heterocycles. The van der Waals surface area contributed by atoms with Crippen LogP contribution in [0.15, 0.2) is 30.3 Å². The maximum Gasteiger partial charge on any atom is 0.141 e. The Morgan fingerprint density at radius 3 is 2.30 bits per heavy atom. The molecular weight excluding hydrogens is 274 g/mol. The van der Waals surface area contributed by atoms with E-state index in [1.54, 1.807) is 7.11 Å². The number of aryl methyl sites for hydroxylation is 2. The molecule has 106 valence electrons. The number of ether oxygens (including phenoxy) is 2. The zero-order chi connectivity index (χ0) is 14.7. The van der Waals surface area contributed by atoms with Crippen LogP contribution in [-0.4, -0.2) is 7.11 Å². The highest BCUT2D eigenvalue weighted by atomic mass is 35.5. The van der Waals surface area contributed by atoms with Crippen LogP contribution in [0.4, 0.5) is 5.69 Å². The van der Waals surface area contributed by atoms with Crippen molar-refractivity contribution >= 4 is 17.3 Å². The van der Waals surface area contributed by atoms with Crippen molar-refractivity contribution in [3.63, 3.8) is 0 Å². The summed E-state index contributed by atoms with van der Waals surface area (Å²) in [6.07, 6.45) is 0. The number of hydrogen-bond donors (Lipinski definition) is 1. The summed E-state index contributed by atoms with van der Waals surface area (Å²) >= 11 is 6.01. The Labute approximate surface area is 124 Å². The van der Waals surface area contributed by atoms with Gasteiger partial charge in [-0.15, -0.1) is 0 Å². The number of benzene rings is 2. The number of anilines is 1. The SMILES string of the molecule is COc1ccc(COc2c(C)cc(Cl)cc2C)cc1N. The molecule has 0 unspecified atom stereocenters. The predicted octanol–water partition coefficient (Wildman–Crippen LogP) is 4.13. The zero-order valence-electron chi connectivity index (χ0n) is 11.9. The van der Waals surface area contributed by atoms with Crippen molar-refractivity contribution in [3.05, 3.63) is 52.0 Å². The highest BCUT2D eigenvalue weighted by Gasteiger charge is 2.07. The molecule has 2 aromatic carbocycles. The Morgan fingerprint density at radius 2 is 1.75 bits per heavy atom. The van der Waals surface area contributed by atoms with Gasteiger partial charge in [-0.25, -0.2) is 0 Å². The lowest BCUT2D eigenvalue weighted by atomic mass is 10.1. The van der Waals surface area contributed by atoms with Crippen LogP contribution in [-0.2, 0) is 6.61 Å². The smallest absolute Gasteiger partial charge is 0.141 e. The first-order valence-corrected chi connectivity index (χ1v) is 6.71. The molecule has 0 aromatic heterocycles. The van der Waals surface area contributed by atoms with Crippen LogP contribution in [0.3, 0.4) is 0 Å². The number of rotatable bonds is 4. The molecule has 3 nitrogen and oxygen atoms in total. The largest absolute Gasteiger partial charge is 0.495 e. The molecular formula is C16H18ClNO2. The number of hydrogen-bond acceptors (Lipinski definition) is 3. The molecule has 0 heterocycles. The highest BCUT2D eigenvalue weighted by molar-refractivity contribution is 6.30. The fourth-order valence-electron chi connectivity index (χ4n) is 2.15. The standard InChI is InChI=1S/C16H18ClNO2/c1-10-6-13(17)7-11(2)16(10)20-9-12-4-5-15(19-3)14(18)8-12/h4-8H,9,18H2,1-3H3. The van der Waals surface area contributed by atoms with Gasteiger partial charge in [0.25, 0.3) is 0 Å². The molecule has 0 fully saturated rings. The molecule has 0 aliphatic carbocycles. The van der Waals surface area contributed by atoms with Gasteiger partial charge in [0, 0.05) is 5.02 Å². The van der Waals surface area contributed by atoms with Crippen molar-refractivity contribution in [1.82, 2.24) is 0 Å². The maximum absolute atomic E-state index is 6.01. The minimum Gasteiger partial charge on any atom is -0.495 e. The van der Waals surface area contributed by atoms with Crippen LogP contribution < -0.4 is 15.2 Å². The van der Waals surface area contributed by atoms with E-state index in [0.29, 0.717) is 18.0 Å². The van der Waals surface area contributed by atoms with E-state index < -0.39 is 0 Å². The molecule has 0 amide bonds. The number of nitrogens with two attached hydrogens (primary N) is 1. The second kappa shape index (κ2) is 6.06. The minimum atomic E-state index is 0.456. The summed E-state index contributed by atoms with van der Waals surface area (Å²) in [5.41, 5.74) is 9.54. The van der Waals surface area contributed by atoms with E-state index in [1.165, 1.54) is 0 Å². The summed E-state index contributed by atoms with van der Waals surface area (Å²) in [6.45, 7) is 4.42. The summed E-state index contributed by atoms with van der Waals surface area (Å²) in [6, 6.07) is 9.43. The van der Waals surface area contributed by atoms with Crippen LogP contribution in [0, 0.1) is 13.8 Å². The van der Waals surface area contributed by atoms with Crippen LogP contribution in [0.2, 0.25) is 5.02 Å². The van der Waals surface area contributed by atoms with E-state index in [9.17, 15) is 0 Å². The molecule has 0 aliphatic rings. The van der Waals surface area contributed by atoms with Crippen molar-refractivity contribution in [3.8, 4) is 11.5 Å². The molecule has 0 aliphatic heterocycles. The van der Waals surface area contributed by atoms with Gasteiger partial charge in [-0.2, -0.15) is 0 Å². The van der Waals surface area contributed by atoms with E-state index in [1.807, 2.05) is 44.2 Å². The Morgan fingerprint density at radius 1 is 1.10 bits per heavy atom. The normalized spacial score (nSPS) is 10.4. The topological polar surface area (TPSA) is 44.5 Å². The maximum atomic E-state index is 6.01. The van der Waals surface area contributed by atoms with Crippen LogP contribution in [0.25, 0.3) is 0 Å². The average Bonchev–Trinajstić information content (AvgIpc) is 2.37. The summed E-state index contributed by atoms with van der Waals surface area (Å²) in [4.78, 5) is 0. The molecule has 0 bridgehead atoms. The van der Waals surface area contributed by atoms with Gasteiger partial charge in [0.1, 0.15) is 18.1 Å². The van der Waals surface area contributed by atoms with Crippen molar-refractivity contribution in [2.24, 2.45) is 0 Å². The molecule has 20 heavy (non-hydrogen) atoms. The minimum absolute atomic E-state index is 0.456. The highest BCUT2D eigenvalue weighted by Crippen LogP contribution is 2.28. The van der Waals surface area contributed by atoms with Crippen LogP contribution in [0.1, 0.15) is 16.7 Å². The number of nitrogen functional groups attached to an aromatic ring is 1. The van der Waals surface area contributed by atoms with Crippen molar-refractivity contribution in [2.75, 3.05) is 12.8 Å². The van der Waals surface area contributed by atoms with Crippen LogP contribution in [0.5, 0.6) is 11.5 Å². The zero-order valence-corrected chi connectivity index (χ0v) is 12.6. The third kappa shape index (κ3) is 3.17. The first-order chi connectivity index (χ1) is 9.51. The van der Waals surface area contributed by atoms with Crippen molar-refractivity contribution in [2.45, 2.75) is 20.5 Å². The summed E-state index contributed by atoms with van der Waals surface area (Å²) in [7, 11) is 1.60. The lowest BCUT2D eigenvalue weighted by Crippen LogP contribution is -2.01. The lowest BCUT2D eigenvalue weighted by molar-refractivity contribution is 0.302. The third-order valence-corrected chi connectivity index (χ3v) is 3.32. The molecule has 0 atom stereocenters. The van der Waals surface area contributed by atoms with Gasteiger partial charge in [0.15, 0.2) is 0 Å². The van der Waals surface area contributed by atoms with Gasteiger partial charge in [0.2, 0.25) is 0 Å². The number of methoxy groups -OCH3 is 1. The van der Waals surface area contributed by atoms with E-state index in [4.69, 9.17) is 26.8 Å². The summed E-state index contributed by atoms with van der Waals surface area (Å²) in [5.74, 6) is 1.54. The van der Waals surface area contributed by atoms with Gasteiger partial charge >= 0.3 is 0 Å². The van der Waals surface area contributed by atoms with Gasteiger partial charge in [-0.1, -0.05) is 17.7 Å². The van der Waals surface area contributed by atoms with Gasteiger partial charge < -0.3 is 15.2 Å². The molecule has 2 N–H and O–H groups in total. The van der Waals surface area contributed by atoms with Gasteiger partial charge in [-0.05, 0) is 54.8 Å². The Bertz CT molecular complexity index is 603. The summed E-state index contributed by atoms with van der Waals surface area (Å²) in [5, 5.41) is 0.723. The van der Waals surface area contributed by atoms with Crippen molar-refractivity contribution < 1.29 is 9.47 Å². The van der Waals surface area contributed by atoms with E-state index in [0.717, 1.165) is 27.5 Å².